The molecule has 1 heterocycles. The first-order valence-electron chi connectivity index (χ1n) is 9.60. The van der Waals surface area contributed by atoms with E-state index in [0.29, 0.717) is 17.3 Å². The molecular formula is C25H17BrClNO2. The third kappa shape index (κ3) is 3.47. The van der Waals surface area contributed by atoms with E-state index in [4.69, 9.17) is 16.3 Å². The van der Waals surface area contributed by atoms with E-state index >= 15 is 0 Å². The molecule has 4 aromatic carbocycles. The zero-order valence-electron chi connectivity index (χ0n) is 15.9. The molecule has 0 spiro atoms. The van der Waals surface area contributed by atoms with Gasteiger partial charge in [0.25, 0.3) is 0 Å². The summed E-state index contributed by atoms with van der Waals surface area (Å²) in [6.45, 7) is 0.433. The van der Waals surface area contributed by atoms with Crippen LogP contribution in [0.5, 0.6) is 5.75 Å². The Hall–Kier alpha value is -2.82. The van der Waals surface area contributed by atoms with Gasteiger partial charge in [0.1, 0.15) is 5.75 Å². The third-order valence-electron chi connectivity index (χ3n) is 5.40. The second kappa shape index (κ2) is 7.78. The number of carbonyl (C=O) groups is 1. The zero-order valence-corrected chi connectivity index (χ0v) is 18.2. The molecule has 1 unspecified atom stereocenters. The van der Waals surface area contributed by atoms with Crippen molar-refractivity contribution in [2.24, 2.45) is 0 Å². The number of amides is 1. The highest BCUT2D eigenvalue weighted by molar-refractivity contribution is 9.10. The molecule has 148 valence electrons. The van der Waals surface area contributed by atoms with Gasteiger partial charge in [-0.2, -0.15) is 0 Å². The average molecular weight is 479 g/mol. The minimum absolute atomic E-state index is 0.284. The summed E-state index contributed by atoms with van der Waals surface area (Å²) >= 11 is 9.61. The lowest BCUT2D eigenvalue weighted by Gasteiger charge is -2.37. The highest BCUT2D eigenvalue weighted by atomic mass is 79.9. The molecule has 30 heavy (non-hydrogen) atoms. The number of halogens is 2. The van der Waals surface area contributed by atoms with Gasteiger partial charge >= 0.3 is 6.09 Å². The lowest BCUT2D eigenvalue weighted by Crippen LogP contribution is -2.41. The quantitative estimate of drug-likeness (QED) is 0.308. The fourth-order valence-electron chi connectivity index (χ4n) is 3.99. The van der Waals surface area contributed by atoms with E-state index in [0.717, 1.165) is 31.9 Å². The summed E-state index contributed by atoms with van der Waals surface area (Å²) in [5.41, 5.74) is 3.01. The van der Waals surface area contributed by atoms with E-state index in [9.17, 15) is 4.79 Å². The van der Waals surface area contributed by atoms with Crippen LogP contribution in [0, 0.1) is 0 Å². The van der Waals surface area contributed by atoms with Gasteiger partial charge in [0.15, 0.2) is 0 Å². The minimum Gasteiger partial charge on any atom is -0.410 e. The van der Waals surface area contributed by atoms with Crippen molar-refractivity contribution in [3.8, 4) is 5.75 Å². The molecule has 0 saturated heterocycles. The molecule has 5 heteroatoms. The second-order valence-corrected chi connectivity index (χ2v) is 8.63. The van der Waals surface area contributed by atoms with Crippen molar-refractivity contribution in [1.29, 1.82) is 0 Å². The lowest BCUT2D eigenvalue weighted by molar-refractivity contribution is 0.123. The Morgan fingerprint density at radius 3 is 2.40 bits per heavy atom. The van der Waals surface area contributed by atoms with Gasteiger partial charge in [-0.05, 0) is 52.2 Å². The van der Waals surface area contributed by atoms with Crippen LogP contribution in [0.1, 0.15) is 22.7 Å². The number of nitrogens with zero attached hydrogens (tertiary/aromatic N) is 1. The second-order valence-electron chi connectivity index (χ2n) is 7.27. The van der Waals surface area contributed by atoms with Crippen LogP contribution in [0.4, 0.5) is 4.79 Å². The van der Waals surface area contributed by atoms with E-state index in [2.05, 4.69) is 28.1 Å². The zero-order chi connectivity index (χ0) is 20.7. The van der Waals surface area contributed by atoms with Crippen LogP contribution < -0.4 is 4.74 Å². The Morgan fingerprint density at radius 1 is 0.900 bits per heavy atom. The van der Waals surface area contributed by atoms with Crippen molar-refractivity contribution in [2.75, 3.05) is 0 Å². The molecule has 0 aliphatic carbocycles. The van der Waals surface area contributed by atoms with Crippen molar-refractivity contribution in [2.45, 2.75) is 12.6 Å². The fourth-order valence-corrected chi connectivity index (χ4v) is 4.38. The van der Waals surface area contributed by atoms with Crippen molar-refractivity contribution in [1.82, 2.24) is 4.90 Å². The van der Waals surface area contributed by atoms with Gasteiger partial charge in [-0.25, -0.2) is 4.79 Å². The van der Waals surface area contributed by atoms with Crippen molar-refractivity contribution >= 4 is 44.4 Å². The Kier molecular flexibility index (Phi) is 4.97. The number of fused-ring (bicyclic) bond motifs is 3. The maximum absolute atomic E-state index is 13.1. The summed E-state index contributed by atoms with van der Waals surface area (Å²) in [5.74, 6) is 0.603. The number of benzene rings is 4. The maximum atomic E-state index is 13.1. The Morgan fingerprint density at radius 2 is 1.63 bits per heavy atom. The lowest BCUT2D eigenvalue weighted by atomic mass is 9.90. The van der Waals surface area contributed by atoms with E-state index < -0.39 is 0 Å². The summed E-state index contributed by atoms with van der Waals surface area (Å²) < 4.78 is 6.77. The minimum atomic E-state index is -0.361. The highest BCUT2D eigenvalue weighted by Gasteiger charge is 2.36. The number of carbonyl (C=O) groups excluding carboxylic acids is 1. The summed E-state index contributed by atoms with van der Waals surface area (Å²) in [4.78, 5) is 14.9. The van der Waals surface area contributed by atoms with Crippen LogP contribution in [0.25, 0.3) is 10.8 Å². The van der Waals surface area contributed by atoms with Crippen LogP contribution >= 0.6 is 27.5 Å². The number of hydrogen-bond donors (Lipinski definition) is 0. The first kappa shape index (κ1) is 19.2. The molecule has 1 aliphatic rings. The number of hydrogen-bond acceptors (Lipinski definition) is 2. The highest BCUT2D eigenvalue weighted by Crippen LogP contribution is 2.44. The molecular weight excluding hydrogens is 462 g/mol. The van der Waals surface area contributed by atoms with Crippen molar-refractivity contribution in [3.05, 3.63) is 111 Å². The molecule has 1 amide bonds. The molecule has 0 saturated carbocycles. The molecule has 0 bridgehead atoms. The van der Waals surface area contributed by atoms with Crippen LogP contribution in [0.2, 0.25) is 5.02 Å². The molecule has 0 N–H and O–H groups in total. The van der Waals surface area contributed by atoms with Crippen LogP contribution in [0.3, 0.4) is 0 Å². The monoisotopic (exact) mass is 477 g/mol. The summed E-state index contributed by atoms with van der Waals surface area (Å²) in [7, 11) is 0. The van der Waals surface area contributed by atoms with E-state index in [1.165, 1.54) is 0 Å². The van der Waals surface area contributed by atoms with E-state index in [-0.39, 0.29) is 12.1 Å². The third-order valence-corrected chi connectivity index (χ3v) is 6.18. The molecule has 1 aliphatic heterocycles. The van der Waals surface area contributed by atoms with Crippen molar-refractivity contribution in [3.63, 3.8) is 0 Å². The SMILES string of the molecule is O=C1Oc2ccc3ccccc3c2C(c2ccc(Cl)cc2)N1Cc1ccc(Br)cc1. The van der Waals surface area contributed by atoms with Gasteiger partial charge in [-0.1, -0.05) is 82.1 Å². The molecule has 1 atom stereocenters. The molecule has 4 aromatic rings. The van der Waals surface area contributed by atoms with Gasteiger partial charge in [0.05, 0.1) is 6.04 Å². The topological polar surface area (TPSA) is 29.5 Å². The van der Waals surface area contributed by atoms with Gasteiger partial charge in [-0.3, -0.25) is 4.90 Å². The standard InChI is InChI=1S/C25H17BrClNO2/c26-19-10-5-16(6-11-19)15-28-24(18-7-12-20(27)13-8-18)23-21-4-2-1-3-17(21)9-14-22(23)30-25(28)29/h1-14,24H,15H2. The summed E-state index contributed by atoms with van der Waals surface area (Å²) in [5, 5.41) is 2.84. The van der Waals surface area contributed by atoms with Gasteiger partial charge in [-0.15, -0.1) is 0 Å². The van der Waals surface area contributed by atoms with Crippen LogP contribution in [-0.2, 0) is 6.54 Å². The van der Waals surface area contributed by atoms with Gasteiger partial charge in [0, 0.05) is 21.6 Å². The molecule has 0 aromatic heterocycles. The summed E-state index contributed by atoms with van der Waals surface area (Å²) in [6.07, 6.45) is -0.361. The summed E-state index contributed by atoms with van der Waals surface area (Å²) in [6, 6.07) is 27.4. The molecule has 0 fully saturated rings. The van der Waals surface area contributed by atoms with Gasteiger partial charge in [0.2, 0.25) is 0 Å². The average Bonchev–Trinajstić information content (AvgIpc) is 2.76. The predicted octanol–water partition coefficient (Wildman–Crippen LogP) is 7.36. The largest absolute Gasteiger partial charge is 0.416 e. The van der Waals surface area contributed by atoms with E-state index in [1.807, 2.05) is 72.8 Å². The number of ether oxygens (including phenoxy) is 1. The van der Waals surface area contributed by atoms with Gasteiger partial charge < -0.3 is 4.74 Å². The first-order chi connectivity index (χ1) is 14.6. The Bertz CT molecular complexity index is 1240. The molecule has 3 nitrogen and oxygen atoms in total. The first-order valence-corrected chi connectivity index (χ1v) is 10.8. The molecule has 0 radical (unpaired) electrons. The number of rotatable bonds is 3. The Balaban J connectivity index is 1.70. The van der Waals surface area contributed by atoms with E-state index in [1.54, 1.807) is 4.90 Å². The predicted molar refractivity (Wildman–Crippen MR) is 123 cm³/mol. The fraction of sp³-hybridized carbons (Fsp3) is 0.0800. The van der Waals surface area contributed by atoms with Crippen molar-refractivity contribution < 1.29 is 9.53 Å². The maximum Gasteiger partial charge on any atom is 0.416 e. The van der Waals surface area contributed by atoms with Crippen LogP contribution in [-0.4, -0.2) is 11.0 Å². The molecule has 5 rings (SSSR count). The smallest absolute Gasteiger partial charge is 0.410 e. The Labute approximate surface area is 188 Å². The normalized spacial score (nSPS) is 15.7. The van der Waals surface area contributed by atoms with Crippen LogP contribution in [0.15, 0.2) is 89.4 Å².